The van der Waals surface area contributed by atoms with E-state index in [2.05, 4.69) is 15.4 Å². The first-order chi connectivity index (χ1) is 12.2. The molecular weight excluding hydrogens is 318 g/mol. The zero-order valence-electron chi connectivity index (χ0n) is 13.2. The van der Waals surface area contributed by atoms with Crippen LogP contribution in [0.1, 0.15) is 0 Å². The molecule has 2 heterocycles. The van der Waals surface area contributed by atoms with Gasteiger partial charge in [0.25, 0.3) is 0 Å². The highest BCUT2D eigenvalue weighted by Crippen LogP contribution is 2.13. The third-order valence-electron chi connectivity index (χ3n) is 3.90. The van der Waals surface area contributed by atoms with E-state index in [1.807, 2.05) is 36.5 Å². The number of aromatic nitrogens is 4. The number of anilines is 1. The van der Waals surface area contributed by atoms with Crippen LogP contribution in [0, 0.1) is 0 Å². The van der Waals surface area contributed by atoms with Crippen LogP contribution in [-0.4, -0.2) is 25.2 Å². The number of nitrogens with one attached hydrogen (secondary N) is 2. The lowest BCUT2D eigenvalue weighted by atomic mass is 10.2. The van der Waals surface area contributed by atoms with Crippen molar-refractivity contribution in [3.05, 3.63) is 77.5 Å². The van der Waals surface area contributed by atoms with E-state index in [0.29, 0.717) is 16.7 Å². The highest BCUT2D eigenvalue weighted by atomic mass is 16.2. The summed E-state index contributed by atoms with van der Waals surface area (Å²) in [5.41, 5.74) is 2.68. The van der Waals surface area contributed by atoms with E-state index >= 15 is 0 Å². The highest BCUT2D eigenvalue weighted by molar-refractivity contribution is 5.91. The molecule has 0 aliphatic heterocycles. The van der Waals surface area contributed by atoms with Crippen LogP contribution in [0.4, 0.5) is 5.69 Å². The molecule has 7 heteroatoms. The van der Waals surface area contributed by atoms with E-state index in [-0.39, 0.29) is 18.1 Å². The Kier molecular flexibility index (Phi) is 3.66. The van der Waals surface area contributed by atoms with Crippen molar-refractivity contribution in [3.63, 3.8) is 0 Å². The van der Waals surface area contributed by atoms with Crippen LogP contribution in [0.25, 0.3) is 16.7 Å². The van der Waals surface area contributed by atoms with Crippen LogP contribution in [0.2, 0.25) is 0 Å². The molecule has 0 aliphatic carbocycles. The molecule has 0 fully saturated rings. The average molecular weight is 333 g/mol. The maximum atomic E-state index is 12.3. The summed E-state index contributed by atoms with van der Waals surface area (Å²) < 4.78 is 3.15. The monoisotopic (exact) mass is 333 g/mol. The molecule has 0 bridgehead atoms. The predicted molar refractivity (Wildman–Crippen MR) is 94.8 cm³/mol. The molecule has 2 aromatic carbocycles. The maximum absolute atomic E-state index is 12.3. The van der Waals surface area contributed by atoms with Gasteiger partial charge in [0, 0.05) is 18.1 Å². The van der Waals surface area contributed by atoms with Crippen LogP contribution >= 0.6 is 0 Å². The van der Waals surface area contributed by atoms with Crippen molar-refractivity contribution < 1.29 is 4.79 Å². The van der Waals surface area contributed by atoms with Crippen LogP contribution in [0.5, 0.6) is 0 Å². The van der Waals surface area contributed by atoms with Crippen molar-refractivity contribution >= 4 is 22.6 Å². The minimum atomic E-state index is -0.301. The highest BCUT2D eigenvalue weighted by Gasteiger charge is 2.10. The lowest BCUT2D eigenvalue weighted by Crippen LogP contribution is -2.25. The molecule has 0 saturated carbocycles. The van der Waals surface area contributed by atoms with Gasteiger partial charge in [0.05, 0.1) is 16.7 Å². The van der Waals surface area contributed by atoms with Gasteiger partial charge < -0.3 is 10.3 Å². The van der Waals surface area contributed by atoms with E-state index in [0.717, 1.165) is 5.69 Å². The largest absolute Gasteiger partial charge is 0.326 e. The quantitative estimate of drug-likeness (QED) is 0.600. The van der Waals surface area contributed by atoms with Gasteiger partial charge in [-0.2, -0.15) is 5.10 Å². The molecule has 4 aromatic rings. The number of amides is 1. The number of H-pyrrole nitrogens is 1. The van der Waals surface area contributed by atoms with Crippen molar-refractivity contribution in [2.24, 2.45) is 0 Å². The summed E-state index contributed by atoms with van der Waals surface area (Å²) in [7, 11) is 0. The fraction of sp³-hybridized carbons (Fsp3) is 0.0556. The minimum absolute atomic E-state index is 0.0518. The number of nitrogens with zero attached hydrogens (tertiary/aromatic N) is 3. The summed E-state index contributed by atoms with van der Waals surface area (Å²) in [5, 5.41) is 6.96. The minimum Gasteiger partial charge on any atom is -0.325 e. The van der Waals surface area contributed by atoms with E-state index < -0.39 is 0 Å². The number of para-hydroxylation sites is 2. The Morgan fingerprint density at radius 1 is 1.08 bits per heavy atom. The number of rotatable bonds is 4. The second kappa shape index (κ2) is 6.12. The normalized spacial score (nSPS) is 10.9. The summed E-state index contributed by atoms with van der Waals surface area (Å²) in [6, 6.07) is 16.4. The molecule has 2 aromatic heterocycles. The topological polar surface area (TPSA) is 84.7 Å². The molecule has 0 spiro atoms. The van der Waals surface area contributed by atoms with Gasteiger partial charge in [0.1, 0.15) is 6.54 Å². The van der Waals surface area contributed by atoms with Crippen molar-refractivity contribution in [1.29, 1.82) is 0 Å². The molecule has 124 valence electrons. The van der Waals surface area contributed by atoms with Gasteiger partial charge in [-0.25, -0.2) is 9.48 Å². The second-order valence-corrected chi connectivity index (χ2v) is 5.58. The average Bonchev–Trinajstić information content (AvgIpc) is 3.25. The zero-order chi connectivity index (χ0) is 17.2. The molecule has 0 unspecified atom stereocenters. The Labute approximate surface area is 142 Å². The predicted octanol–water partition coefficient (Wildman–Crippen LogP) is 2.15. The van der Waals surface area contributed by atoms with Crippen LogP contribution < -0.4 is 11.0 Å². The fourth-order valence-electron chi connectivity index (χ4n) is 2.73. The third kappa shape index (κ3) is 2.94. The Bertz CT molecular complexity index is 1070. The van der Waals surface area contributed by atoms with Gasteiger partial charge in [0.15, 0.2) is 0 Å². The van der Waals surface area contributed by atoms with Gasteiger partial charge in [-0.15, -0.1) is 0 Å². The molecular formula is C18H15N5O2. The van der Waals surface area contributed by atoms with Crippen LogP contribution in [0.3, 0.4) is 0 Å². The first-order valence-electron chi connectivity index (χ1n) is 7.78. The van der Waals surface area contributed by atoms with Crippen molar-refractivity contribution in [2.45, 2.75) is 6.54 Å². The first-order valence-corrected chi connectivity index (χ1v) is 7.78. The number of imidazole rings is 1. The number of hydrogen-bond donors (Lipinski definition) is 2. The smallest absolute Gasteiger partial charge is 0.325 e. The Hall–Kier alpha value is -3.61. The molecule has 0 atom stereocenters. The third-order valence-corrected chi connectivity index (χ3v) is 3.90. The molecule has 0 aliphatic rings. The van der Waals surface area contributed by atoms with Gasteiger partial charge in [-0.3, -0.25) is 9.36 Å². The van der Waals surface area contributed by atoms with E-state index in [1.54, 1.807) is 35.1 Å². The number of carbonyl (C=O) groups is 1. The summed E-state index contributed by atoms with van der Waals surface area (Å²) >= 11 is 0. The summed E-state index contributed by atoms with van der Waals surface area (Å²) in [5.74, 6) is -0.265. The standard InChI is InChI=1S/C18H15N5O2/c24-17(12-22-16-5-2-1-4-15(16)21-18(22)25)20-13-6-8-14(9-7-13)23-11-3-10-19-23/h1-11H,12H2,(H,20,24)(H,21,25). The van der Waals surface area contributed by atoms with Crippen molar-refractivity contribution in [2.75, 3.05) is 5.32 Å². The van der Waals surface area contributed by atoms with Gasteiger partial charge in [-0.1, -0.05) is 12.1 Å². The number of aromatic amines is 1. The zero-order valence-corrected chi connectivity index (χ0v) is 13.2. The lowest BCUT2D eigenvalue weighted by Gasteiger charge is -2.07. The maximum Gasteiger partial charge on any atom is 0.326 e. The molecule has 1 amide bonds. The molecule has 0 saturated heterocycles. The lowest BCUT2D eigenvalue weighted by molar-refractivity contribution is -0.116. The molecule has 25 heavy (non-hydrogen) atoms. The SMILES string of the molecule is O=C(Cn1c(=O)[nH]c2ccccc21)Nc1ccc(-n2cccn2)cc1. The van der Waals surface area contributed by atoms with Crippen LogP contribution in [0.15, 0.2) is 71.8 Å². The molecule has 0 radical (unpaired) electrons. The van der Waals surface area contributed by atoms with Gasteiger partial charge in [0.2, 0.25) is 5.91 Å². The first kappa shape index (κ1) is 14.9. The van der Waals surface area contributed by atoms with Crippen molar-refractivity contribution in [1.82, 2.24) is 19.3 Å². The van der Waals surface area contributed by atoms with Crippen molar-refractivity contribution in [3.8, 4) is 5.69 Å². The van der Waals surface area contributed by atoms with Gasteiger partial charge >= 0.3 is 5.69 Å². The second-order valence-electron chi connectivity index (χ2n) is 5.58. The summed E-state index contributed by atoms with van der Waals surface area (Å²) in [6.07, 6.45) is 3.55. The van der Waals surface area contributed by atoms with E-state index in [1.165, 1.54) is 4.57 Å². The van der Waals surface area contributed by atoms with E-state index in [4.69, 9.17) is 0 Å². The number of carbonyl (C=O) groups excluding carboxylic acids is 1. The number of benzene rings is 2. The summed E-state index contributed by atoms with van der Waals surface area (Å²) in [4.78, 5) is 27.0. The van der Waals surface area contributed by atoms with Crippen LogP contribution in [-0.2, 0) is 11.3 Å². The Balaban J connectivity index is 1.50. The van der Waals surface area contributed by atoms with Gasteiger partial charge in [-0.05, 0) is 42.5 Å². The fourth-order valence-corrected chi connectivity index (χ4v) is 2.73. The Morgan fingerprint density at radius 2 is 1.88 bits per heavy atom. The molecule has 2 N–H and O–H groups in total. The number of fused-ring (bicyclic) bond motifs is 1. The Morgan fingerprint density at radius 3 is 2.64 bits per heavy atom. The molecule has 7 nitrogen and oxygen atoms in total. The number of hydrogen-bond acceptors (Lipinski definition) is 3. The molecule has 4 rings (SSSR count). The summed E-state index contributed by atoms with van der Waals surface area (Å²) in [6.45, 7) is -0.0518. The van der Waals surface area contributed by atoms with E-state index in [9.17, 15) is 9.59 Å².